The Morgan fingerprint density at radius 2 is 0.815 bits per heavy atom. The molecule has 27 heavy (non-hydrogen) atoms. The first kappa shape index (κ1) is 25.1. The van der Waals surface area contributed by atoms with Crippen molar-refractivity contribution in [3.63, 3.8) is 0 Å². The van der Waals surface area contributed by atoms with E-state index in [1.54, 1.807) is 25.7 Å². The topological polar surface area (TPSA) is 27.7 Å². The van der Waals surface area contributed by atoms with E-state index in [0.29, 0.717) is 0 Å². The van der Waals surface area contributed by atoms with E-state index in [9.17, 15) is 0 Å². The van der Waals surface area contributed by atoms with Crippen LogP contribution in [0.5, 0.6) is 0 Å². The van der Waals surface area contributed by atoms with Crippen LogP contribution < -0.4 is 0 Å². The average molecular weight is 401 g/mol. The van der Waals surface area contributed by atoms with E-state index < -0.39 is 9.53 Å². The minimum atomic E-state index is -1.79. The summed E-state index contributed by atoms with van der Waals surface area (Å²) in [4.78, 5) is 0. The summed E-state index contributed by atoms with van der Waals surface area (Å²) in [6, 6.07) is 0. The Morgan fingerprint density at radius 1 is 0.519 bits per heavy atom. The third kappa shape index (κ3) is 13.0. The van der Waals surface area contributed by atoms with Crippen molar-refractivity contribution in [2.45, 2.75) is 117 Å². The maximum absolute atomic E-state index is 5.49. The predicted octanol–water partition coefficient (Wildman–Crippen LogP) is 6.91. The average Bonchev–Trinajstić information content (AvgIpc) is 3.13. The van der Waals surface area contributed by atoms with Crippen LogP contribution >= 0.6 is 0 Å². The Hall–Kier alpha value is 0.0969. The Morgan fingerprint density at radius 3 is 1.07 bits per heavy atom. The van der Waals surface area contributed by atoms with Crippen LogP contribution in [0.25, 0.3) is 0 Å². The molecule has 0 aromatic carbocycles. The van der Waals surface area contributed by atoms with Crippen LogP contribution in [0.4, 0.5) is 0 Å². The SMILES string of the molecule is C1CCCC(C2CCCCCC2)CC1.CCCO[SiH](OCCC)OCCC. The largest absolute Gasteiger partial charge is 0.484 e. The summed E-state index contributed by atoms with van der Waals surface area (Å²) in [5.41, 5.74) is 0. The molecule has 0 N–H and O–H groups in total. The lowest BCUT2D eigenvalue weighted by atomic mass is 9.81. The molecule has 0 aliphatic heterocycles. The first-order valence-corrected chi connectivity index (χ1v) is 13.6. The molecule has 0 radical (unpaired) electrons. The lowest BCUT2D eigenvalue weighted by Gasteiger charge is -2.24. The van der Waals surface area contributed by atoms with Gasteiger partial charge in [-0.2, -0.15) is 0 Å². The fourth-order valence-corrected chi connectivity index (χ4v) is 5.92. The summed E-state index contributed by atoms with van der Waals surface area (Å²) in [5.74, 6) is 2.24. The van der Waals surface area contributed by atoms with Gasteiger partial charge in [0.2, 0.25) is 0 Å². The van der Waals surface area contributed by atoms with Gasteiger partial charge in [-0.15, -0.1) is 0 Å². The van der Waals surface area contributed by atoms with Gasteiger partial charge < -0.3 is 13.3 Å². The monoisotopic (exact) mass is 400 g/mol. The van der Waals surface area contributed by atoms with Gasteiger partial charge in [0.15, 0.2) is 0 Å². The minimum Gasteiger partial charge on any atom is -0.376 e. The lowest BCUT2D eigenvalue weighted by molar-refractivity contribution is 0.0933. The summed E-state index contributed by atoms with van der Waals surface area (Å²) >= 11 is 0. The van der Waals surface area contributed by atoms with Crippen molar-refractivity contribution in [1.29, 1.82) is 0 Å². The molecule has 2 aliphatic carbocycles. The van der Waals surface area contributed by atoms with Crippen molar-refractivity contribution >= 4 is 9.53 Å². The highest BCUT2D eigenvalue weighted by molar-refractivity contribution is 6.36. The van der Waals surface area contributed by atoms with Gasteiger partial charge in [-0.1, -0.05) is 97.8 Å². The van der Waals surface area contributed by atoms with Crippen LogP contribution in [0, 0.1) is 11.8 Å². The van der Waals surface area contributed by atoms with Crippen molar-refractivity contribution < 1.29 is 13.3 Å². The molecular weight excluding hydrogens is 352 g/mol. The van der Waals surface area contributed by atoms with Gasteiger partial charge in [0, 0.05) is 19.8 Å². The third-order valence-electron chi connectivity index (χ3n) is 5.84. The van der Waals surface area contributed by atoms with Crippen molar-refractivity contribution in [2.75, 3.05) is 19.8 Å². The number of rotatable bonds is 10. The van der Waals surface area contributed by atoms with Crippen LogP contribution in [-0.4, -0.2) is 29.3 Å². The number of hydrogen-bond acceptors (Lipinski definition) is 3. The summed E-state index contributed by atoms with van der Waals surface area (Å²) in [6.45, 7) is 8.53. The van der Waals surface area contributed by atoms with Gasteiger partial charge in [-0.3, -0.25) is 0 Å². The van der Waals surface area contributed by atoms with E-state index in [2.05, 4.69) is 20.8 Å². The van der Waals surface area contributed by atoms with Gasteiger partial charge in [0.25, 0.3) is 0 Å². The summed E-state index contributed by atoms with van der Waals surface area (Å²) in [6.07, 6.45) is 21.5. The first-order valence-electron chi connectivity index (χ1n) is 12.2. The third-order valence-corrected chi connectivity index (χ3v) is 7.36. The normalized spacial score (nSPS) is 20.0. The maximum Gasteiger partial charge on any atom is 0.484 e. The van der Waals surface area contributed by atoms with E-state index in [-0.39, 0.29) is 0 Å². The lowest BCUT2D eigenvalue weighted by Crippen LogP contribution is -2.28. The van der Waals surface area contributed by atoms with E-state index in [4.69, 9.17) is 13.3 Å². The zero-order valence-electron chi connectivity index (χ0n) is 18.7. The minimum absolute atomic E-state index is 0.754. The smallest absolute Gasteiger partial charge is 0.376 e. The van der Waals surface area contributed by atoms with E-state index in [1.807, 2.05) is 0 Å². The van der Waals surface area contributed by atoms with Crippen molar-refractivity contribution in [2.24, 2.45) is 11.8 Å². The highest BCUT2D eigenvalue weighted by Gasteiger charge is 2.23. The molecule has 2 aliphatic rings. The Balaban J connectivity index is 0.000000271. The zero-order valence-corrected chi connectivity index (χ0v) is 19.8. The van der Waals surface area contributed by atoms with E-state index in [0.717, 1.165) is 50.9 Å². The zero-order chi connectivity index (χ0) is 19.6. The van der Waals surface area contributed by atoms with Gasteiger partial charge in [-0.25, -0.2) is 0 Å². The Labute approximate surface area is 171 Å². The molecule has 2 fully saturated rings. The van der Waals surface area contributed by atoms with Gasteiger partial charge in [0.1, 0.15) is 0 Å². The van der Waals surface area contributed by atoms with Gasteiger partial charge in [-0.05, 0) is 31.1 Å². The highest BCUT2D eigenvalue weighted by Crippen LogP contribution is 2.36. The van der Waals surface area contributed by atoms with E-state index in [1.165, 1.54) is 51.4 Å². The molecule has 0 atom stereocenters. The molecule has 0 heterocycles. The summed E-state index contributed by atoms with van der Waals surface area (Å²) < 4.78 is 16.5. The van der Waals surface area contributed by atoms with Crippen LogP contribution in [0.15, 0.2) is 0 Å². The van der Waals surface area contributed by atoms with Gasteiger partial charge >= 0.3 is 9.53 Å². The molecular formula is C23H48O3Si. The molecule has 162 valence electrons. The second kappa shape index (κ2) is 18.1. The van der Waals surface area contributed by atoms with Crippen LogP contribution in [-0.2, 0) is 13.3 Å². The first-order chi connectivity index (χ1) is 13.3. The van der Waals surface area contributed by atoms with Crippen molar-refractivity contribution in [3.05, 3.63) is 0 Å². The Kier molecular flexibility index (Phi) is 16.9. The molecule has 2 saturated carbocycles. The van der Waals surface area contributed by atoms with Gasteiger partial charge in [0.05, 0.1) is 0 Å². The molecule has 2 rings (SSSR count). The van der Waals surface area contributed by atoms with Crippen molar-refractivity contribution in [1.82, 2.24) is 0 Å². The molecule has 0 spiro atoms. The summed E-state index contributed by atoms with van der Waals surface area (Å²) in [7, 11) is -1.79. The molecule has 0 aromatic rings. The maximum atomic E-state index is 5.49. The molecule has 0 saturated heterocycles. The highest BCUT2D eigenvalue weighted by atomic mass is 28.3. The molecule has 0 aromatic heterocycles. The molecule has 0 bridgehead atoms. The fourth-order valence-electron chi connectivity index (χ4n) is 4.35. The summed E-state index contributed by atoms with van der Waals surface area (Å²) in [5, 5.41) is 0. The fraction of sp³-hybridized carbons (Fsp3) is 1.00. The standard InChI is InChI=1S/C14H26.C9H22O3Si/c1-2-6-10-13(9-5-1)14-11-7-3-4-8-12-14;1-4-7-10-13(11-8-5-2)12-9-6-3/h13-14H,1-12H2;13H,4-9H2,1-3H3. The van der Waals surface area contributed by atoms with Crippen molar-refractivity contribution in [3.8, 4) is 0 Å². The number of hydrogen-bond donors (Lipinski definition) is 0. The predicted molar refractivity (Wildman–Crippen MR) is 118 cm³/mol. The second-order valence-corrected chi connectivity index (χ2v) is 9.98. The molecule has 4 heteroatoms. The quantitative estimate of drug-likeness (QED) is 0.294. The molecule has 0 amide bonds. The van der Waals surface area contributed by atoms with Crippen LogP contribution in [0.2, 0.25) is 0 Å². The van der Waals surface area contributed by atoms with E-state index >= 15 is 0 Å². The molecule has 3 nitrogen and oxygen atoms in total. The van der Waals surface area contributed by atoms with Crippen LogP contribution in [0.3, 0.4) is 0 Å². The Bertz CT molecular complexity index is 261. The van der Waals surface area contributed by atoms with Crippen LogP contribution in [0.1, 0.15) is 117 Å². The second-order valence-electron chi connectivity index (χ2n) is 8.40. The molecule has 0 unspecified atom stereocenters.